The molecule has 36 heavy (non-hydrogen) atoms. The molecule has 1 aromatic heterocycles. The predicted octanol–water partition coefficient (Wildman–Crippen LogP) is 3.85. The van der Waals surface area contributed by atoms with E-state index in [1.165, 1.54) is 12.1 Å². The highest BCUT2D eigenvalue weighted by Crippen LogP contribution is 2.39. The molecule has 0 saturated carbocycles. The molecule has 0 bridgehead atoms. The number of fused-ring (bicyclic) bond motifs is 4. The number of benzene rings is 3. The number of para-hydroxylation sites is 1. The van der Waals surface area contributed by atoms with E-state index in [0.717, 1.165) is 27.1 Å². The van der Waals surface area contributed by atoms with Gasteiger partial charge < -0.3 is 9.88 Å². The molecule has 2 aliphatic rings. The fourth-order valence-corrected chi connectivity index (χ4v) is 5.24. The molecule has 0 aliphatic carbocycles. The van der Waals surface area contributed by atoms with Crippen molar-refractivity contribution in [2.75, 3.05) is 13.1 Å². The minimum absolute atomic E-state index is 0.0460. The fraction of sp³-hybridized carbons (Fsp3) is 0.148. The second-order valence-electron chi connectivity index (χ2n) is 8.89. The maximum Gasteiger partial charge on any atom is 0.269 e. The molecule has 1 atom stereocenters. The first kappa shape index (κ1) is 21.7. The number of rotatable bonds is 4. The van der Waals surface area contributed by atoms with Gasteiger partial charge in [0.15, 0.2) is 0 Å². The molecule has 2 aliphatic heterocycles. The van der Waals surface area contributed by atoms with Crippen LogP contribution in [0.15, 0.2) is 72.8 Å². The van der Waals surface area contributed by atoms with Crippen LogP contribution in [0.5, 0.6) is 0 Å². The smallest absolute Gasteiger partial charge is 0.269 e. The Morgan fingerprint density at radius 3 is 2.25 bits per heavy atom. The first-order valence-corrected chi connectivity index (χ1v) is 11.5. The third kappa shape index (κ3) is 3.28. The molecule has 0 fully saturated rings. The molecule has 0 saturated heterocycles. The van der Waals surface area contributed by atoms with Crippen molar-refractivity contribution >= 4 is 34.3 Å². The molecule has 3 aromatic carbocycles. The van der Waals surface area contributed by atoms with E-state index < -0.39 is 22.8 Å². The number of carbonyl (C=O) groups is 3. The van der Waals surface area contributed by atoms with Crippen LogP contribution in [0.1, 0.15) is 43.6 Å². The Balaban J connectivity index is 1.38. The summed E-state index contributed by atoms with van der Waals surface area (Å²) in [6, 6.07) is 20.0. The Morgan fingerprint density at radius 2 is 1.58 bits per heavy atom. The van der Waals surface area contributed by atoms with Crippen molar-refractivity contribution in [3.63, 3.8) is 0 Å². The third-order valence-electron chi connectivity index (χ3n) is 6.95. The van der Waals surface area contributed by atoms with Crippen molar-refractivity contribution in [2.24, 2.45) is 0 Å². The number of nitrogens with one attached hydrogen (secondary N) is 1. The van der Waals surface area contributed by atoms with Crippen LogP contribution in [0, 0.1) is 10.1 Å². The Bertz CT molecular complexity index is 1540. The molecule has 1 N–H and O–H groups in total. The van der Waals surface area contributed by atoms with Crippen LogP contribution in [-0.4, -0.2) is 50.5 Å². The van der Waals surface area contributed by atoms with Crippen LogP contribution in [0.25, 0.3) is 10.9 Å². The van der Waals surface area contributed by atoms with Crippen LogP contribution in [0.4, 0.5) is 5.69 Å². The van der Waals surface area contributed by atoms with E-state index in [-0.39, 0.29) is 18.1 Å². The number of imide groups is 1. The number of aromatic nitrogens is 1. The van der Waals surface area contributed by atoms with Gasteiger partial charge in [0.05, 0.1) is 22.1 Å². The number of nitro benzene ring substituents is 1. The van der Waals surface area contributed by atoms with Crippen molar-refractivity contribution in [3.05, 3.63) is 111 Å². The SMILES string of the molecule is O=C1c2ccccc2C(=O)N1CC(=O)N1CCc2c([nH]c3ccccc23)[C@@H]1c1ccc([N+](=O)[O-])cc1. The summed E-state index contributed by atoms with van der Waals surface area (Å²) in [5, 5.41) is 12.3. The summed E-state index contributed by atoms with van der Waals surface area (Å²) in [5.41, 5.74) is 4.08. The molecular formula is C27H20N4O5. The van der Waals surface area contributed by atoms with Crippen LogP contribution in [-0.2, 0) is 11.2 Å². The maximum absolute atomic E-state index is 13.6. The number of hydrogen-bond acceptors (Lipinski definition) is 5. The topological polar surface area (TPSA) is 117 Å². The van der Waals surface area contributed by atoms with E-state index in [4.69, 9.17) is 0 Å². The molecule has 6 rings (SSSR count). The summed E-state index contributed by atoms with van der Waals surface area (Å²) in [4.78, 5) is 56.1. The number of H-pyrrole nitrogens is 1. The van der Waals surface area contributed by atoms with Gasteiger partial charge in [0.25, 0.3) is 17.5 Å². The molecule has 0 spiro atoms. The zero-order valence-electron chi connectivity index (χ0n) is 19.0. The zero-order valence-corrected chi connectivity index (χ0v) is 19.0. The lowest BCUT2D eigenvalue weighted by molar-refractivity contribution is -0.384. The number of carbonyl (C=O) groups excluding carboxylic acids is 3. The monoisotopic (exact) mass is 480 g/mol. The highest BCUT2D eigenvalue weighted by atomic mass is 16.6. The third-order valence-corrected chi connectivity index (χ3v) is 6.95. The van der Waals surface area contributed by atoms with Crippen molar-refractivity contribution in [1.29, 1.82) is 0 Å². The van der Waals surface area contributed by atoms with Crippen LogP contribution in [0.2, 0.25) is 0 Å². The average Bonchev–Trinajstić information content (AvgIpc) is 3.39. The summed E-state index contributed by atoms with van der Waals surface area (Å²) >= 11 is 0. The quantitative estimate of drug-likeness (QED) is 0.271. The van der Waals surface area contributed by atoms with Gasteiger partial charge in [0, 0.05) is 35.3 Å². The molecule has 9 nitrogen and oxygen atoms in total. The van der Waals surface area contributed by atoms with E-state index in [2.05, 4.69) is 4.98 Å². The van der Waals surface area contributed by atoms with Gasteiger partial charge in [-0.15, -0.1) is 0 Å². The zero-order chi connectivity index (χ0) is 25.0. The first-order chi connectivity index (χ1) is 17.4. The summed E-state index contributed by atoms with van der Waals surface area (Å²) < 4.78 is 0. The summed E-state index contributed by atoms with van der Waals surface area (Å²) in [7, 11) is 0. The van der Waals surface area contributed by atoms with Gasteiger partial charge in [-0.05, 0) is 47.9 Å². The van der Waals surface area contributed by atoms with E-state index in [0.29, 0.717) is 29.7 Å². The van der Waals surface area contributed by atoms with Gasteiger partial charge in [-0.25, -0.2) is 0 Å². The molecule has 178 valence electrons. The van der Waals surface area contributed by atoms with Gasteiger partial charge in [-0.1, -0.05) is 30.3 Å². The Morgan fingerprint density at radius 1 is 0.944 bits per heavy atom. The molecule has 0 unspecified atom stereocenters. The van der Waals surface area contributed by atoms with Gasteiger partial charge >= 0.3 is 0 Å². The van der Waals surface area contributed by atoms with Gasteiger partial charge in [-0.3, -0.25) is 29.4 Å². The maximum atomic E-state index is 13.6. The molecule has 4 aromatic rings. The second kappa shape index (κ2) is 8.16. The normalized spacial score (nSPS) is 16.8. The molecule has 3 amide bonds. The number of amides is 3. The van der Waals surface area contributed by atoms with Gasteiger partial charge in [0.1, 0.15) is 6.54 Å². The number of nitrogens with zero attached hydrogens (tertiary/aromatic N) is 3. The lowest BCUT2D eigenvalue weighted by atomic mass is 9.92. The second-order valence-corrected chi connectivity index (χ2v) is 8.89. The number of hydrogen-bond donors (Lipinski definition) is 1. The minimum Gasteiger partial charge on any atom is -0.356 e. The summed E-state index contributed by atoms with van der Waals surface area (Å²) in [5.74, 6) is -1.35. The number of non-ortho nitro benzene ring substituents is 1. The van der Waals surface area contributed by atoms with Crippen molar-refractivity contribution in [3.8, 4) is 0 Å². The lowest BCUT2D eigenvalue weighted by Crippen LogP contribution is -2.47. The molecular weight excluding hydrogens is 460 g/mol. The summed E-state index contributed by atoms with van der Waals surface area (Å²) in [6.45, 7) is -0.0100. The Hall–Kier alpha value is -4.79. The number of aromatic amines is 1. The Labute approximate surface area is 205 Å². The predicted molar refractivity (Wildman–Crippen MR) is 130 cm³/mol. The fourth-order valence-electron chi connectivity index (χ4n) is 5.24. The minimum atomic E-state index is -0.551. The standard InChI is InChI=1S/C27H20N4O5/c32-23(15-30-26(33)20-6-1-2-7-21(20)27(30)34)29-14-13-19-18-5-3-4-8-22(18)28-24(19)25(29)16-9-11-17(12-10-16)31(35)36/h1-12,25,28H,13-15H2/t25-/m0/s1. The molecule has 9 heteroatoms. The summed E-state index contributed by atoms with van der Waals surface area (Å²) in [6.07, 6.45) is 0.594. The molecule has 3 heterocycles. The van der Waals surface area contributed by atoms with Gasteiger partial charge in [0.2, 0.25) is 5.91 Å². The van der Waals surface area contributed by atoms with Crippen LogP contribution < -0.4 is 0 Å². The van der Waals surface area contributed by atoms with E-state index in [9.17, 15) is 24.5 Å². The highest BCUT2D eigenvalue weighted by Gasteiger charge is 2.40. The van der Waals surface area contributed by atoms with E-state index >= 15 is 0 Å². The lowest BCUT2D eigenvalue weighted by Gasteiger charge is -2.37. The van der Waals surface area contributed by atoms with Crippen molar-refractivity contribution in [2.45, 2.75) is 12.5 Å². The Kier molecular flexibility index (Phi) is 4.92. The van der Waals surface area contributed by atoms with Crippen molar-refractivity contribution in [1.82, 2.24) is 14.8 Å². The number of nitro groups is 1. The largest absolute Gasteiger partial charge is 0.356 e. The van der Waals surface area contributed by atoms with Crippen LogP contribution >= 0.6 is 0 Å². The molecule has 0 radical (unpaired) electrons. The first-order valence-electron chi connectivity index (χ1n) is 11.5. The van der Waals surface area contributed by atoms with E-state index in [1.54, 1.807) is 41.3 Å². The average molecular weight is 480 g/mol. The van der Waals surface area contributed by atoms with Gasteiger partial charge in [-0.2, -0.15) is 0 Å². The highest BCUT2D eigenvalue weighted by molar-refractivity contribution is 6.22. The van der Waals surface area contributed by atoms with Crippen molar-refractivity contribution < 1.29 is 19.3 Å². The van der Waals surface area contributed by atoms with E-state index in [1.807, 2.05) is 24.3 Å². The van der Waals surface area contributed by atoms with Crippen LogP contribution in [0.3, 0.4) is 0 Å².